The first-order chi connectivity index (χ1) is 12.6. The maximum atomic E-state index is 9.98. The second-order valence-electron chi connectivity index (χ2n) is 7.09. The molecule has 4 nitrogen and oxygen atoms in total. The van der Waals surface area contributed by atoms with Gasteiger partial charge in [-0.15, -0.1) is 0 Å². The van der Waals surface area contributed by atoms with Crippen molar-refractivity contribution in [1.82, 2.24) is 0 Å². The smallest absolute Gasteiger partial charge is 0.121 e. The average Bonchev–Trinajstić information content (AvgIpc) is 2.67. The topological polar surface area (TPSA) is 66.3 Å². The van der Waals surface area contributed by atoms with E-state index in [1.54, 1.807) is 6.07 Å². The molecule has 4 N–H and O–H groups in total. The Morgan fingerprint density at radius 3 is 2.44 bits per heavy atom. The highest BCUT2D eigenvalue weighted by molar-refractivity contribution is 5.44. The monoisotopic (exact) mass is 391 g/mol. The van der Waals surface area contributed by atoms with Crippen molar-refractivity contribution in [1.29, 1.82) is 0 Å². The fourth-order valence-corrected chi connectivity index (χ4v) is 4.33. The van der Waals surface area contributed by atoms with Crippen LogP contribution in [0.25, 0.3) is 0 Å². The number of rotatable bonds is 7. The summed E-state index contributed by atoms with van der Waals surface area (Å²) in [5.74, 6) is 1.20. The van der Waals surface area contributed by atoms with E-state index in [0.717, 1.165) is 25.0 Å². The minimum atomic E-state index is -0.0583. The summed E-state index contributed by atoms with van der Waals surface area (Å²) >= 11 is 0. The van der Waals surface area contributed by atoms with Gasteiger partial charge in [0, 0.05) is 11.8 Å². The molecule has 1 aliphatic rings. The number of benzene rings is 2. The van der Waals surface area contributed by atoms with E-state index in [4.69, 9.17) is 9.47 Å². The van der Waals surface area contributed by atoms with Crippen LogP contribution in [0.2, 0.25) is 0 Å². The molecular weight excluding hydrogens is 362 g/mol. The van der Waals surface area contributed by atoms with Gasteiger partial charge in [0.05, 0.1) is 6.61 Å². The molecular formula is C22H30ClNO3. The Hall–Kier alpha value is -1.75. The SMILES string of the molecule is CCC1(CC)c2cc(O)ccc2CC(OCCOc2ccccc2)C1[NH3+].[Cl-]. The molecule has 0 fully saturated rings. The van der Waals surface area contributed by atoms with Gasteiger partial charge < -0.3 is 32.7 Å². The number of quaternary nitrogens is 1. The molecule has 148 valence electrons. The van der Waals surface area contributed by atoms with Gasteiger partial charge in [0.2, 0.25) is 0 Å². The summed E-state index contributed by atoms with van der Waals surface area (Å²) in [6.07, 6.45) is 2.85. The van der Waals surface area contributed by atoms with E-state index in [1.807, 2.05) is 42.5 Å². The van der Waals surface area contributed by atoms with Gasteiger partial charge >= 0.3 is 0 Å². The third-order valence-electron chi connectivity index (χ3n) is 5.90. The molecule has 0 aromatic heterocycles. The minimum Gasteiger partial charge on any atom is -1.00 e. The van der Waals surface area contributed by atoms with Crippen molar-refractivity contribution >= 4 is 0 Å². The maximum Gasteiger partial charge on any atom is 0.121 e. The quantitative estimate of drug-likeness (QED) is 0.657. The summed E-state index contributed by atoms with van der Waals surface area (Å²) in [4.78, 5) is 0. The van der Waals surface area contributed by atoms with Crippen LogP contribution in [0, 0.1) is 0 Å². The van der Waals surface area contributed by atoms with Gasteiger partial charge in [0.25, 0.3) is 0 Å². The zero-order valence-corrected chi connectivity index (χ0v) is 16.9. The molecule has 1 aliphatic carbocycles. The predicted molar refractivity (Wildman–Crippen MR) is 102 cm³/mol. The van der Waals surface area contributed by atoms with E-state index in [-0.39, 0.29) is 30.0 Å². The Balaban J connectivity index is 0.00000261. The van der Waals surface area contributed by atoms with E-state index in [1.165, 1.54) is 11.1 Å². The number of ether oxygens (including phenoxy) is 2. The number of fused-ring (bicyclic) bond motifs is 1. The number of halogens is 1. The second kappa shape index (κ2) is 9.45. The molecule has 3 rings (SSSR count). The van der Waals surface area contributed by atoms with Gasteiger partial charge in [-0.05, 0) is 48.2 Å². The standard InChI is InChI=1S/C22H29NO3.ClH/c1-3-22(4-2)19-15-17(24)11-10-16(19)14-20(21(22)23)26-13-12-25-18-8-6-5-7-9-18;/h5-11,15,20-21,24H,3-4,12-14,23H2,1-2H3;1H. The van der Waals surface area contributed by atoms with Gasteiger partial charge in [0.15, 0.2) is 0 Å². The molecule has 0 bridgehead atoms. The van der Waals surface area contributed by atoms with Crippen molar-refractivity contribution in [3.05, 3.63) is 59.7 Å². The molecule has 2 atom stereocenters. The molecule has 0 saturated heterocycles. The highest BCUT2D eigenvalue weighted by Gasteiger charge is 2.48. The lowest BCUT2D eigenvalue weighted by Gasteiger charge is -2.44. The van der Waals surface area contributed by atoms with Crippen LogP contribution >= 0.6 is 0 Å². The van der Waals surface area contributed by atoms with Crippen molar-refractivity contribution < 1.29 is 32.7 Å². The van der Waals surface area contributed by atoms with E-state index in [2.05, 4.69) is 19.6 Å². The van der Waals surface area contributed by atoms with Crippen molar-refractivity contribution in [2.75, 3.05) is 13.2 Å². The lowest BCUT2D eigenvalue weighted by atomic mass is 9.63. The molecule has 0 saturated carbocycles. The minimum absolute atomic E-state index is 0. The zero-order chi connectivity index (χ0) is 18.6. The molecule has 2 aromatic rings. The highest BCUT2D eigenvalue weighted by atomic mass is 35.5. The Bertz CT molecular complexity index is 719. The normalized spacial score (nSPS) is 20.4. The van der Waals surface area contributed by atoms with Crippen LogP contribution in [-0.2, 0) is 16.6 Å². The molecule has 0 amide bonds. The summed E-state index contributed by atoms with van der Waals surface area (Å²) in [5.41, 5.74) is 6.94. The van der Waals surface area contributed by atoms with Gasteiger partial charge in [-0.1, -0.05) is 38.1 Å². The van der Waals surface area contributed by atoms with Crippen LogP contribution in [0.3, 0.4) is 0 Å². The van der Waals surface area contributed by atoms with Crippen LogP contribution in [0.1, 0.15) is 37.8 Å². The fraction of sp³-hybridized carbons (Fsp3) is 0.455. The molecule has 0 radical (unpaired) electrons. The Morgan fingerprint density at radius 2 is 1.78 bits per heavy atom. The summed E-state index contributed by atoms with van der Waals surface area (Å²) in [5, 5.41) is 9.98. The average molecular weight is 392 g/mol. The first-order valence-corrected chi connectivity index (χ1v) is 9.55. The number of hydrogen-bond acceptors (Lipinski definition) is 3. The molecule has 0 aliphatic heterocycles. The molecule has 5 heteroatoms. The van der Waals surface area contributed by atoms with Crippen LogP contribution in [0.15, 0.2) is 48.5 Å². The number of phenols is 1. The van der Waals surface area contributed by atoms with E-state index in [9.17, 15) is 5.11 Å². The zero-order valence-electron chi connectivity index (χ0n) is 16.2. The summed E-state index contributed by atoms with van der Waals surface area (Å²) in [6.45, 7) is 5.48. The lowest BCUT2D eigenvalue weighted by molar-refractivity contribution is -0.460. The largest absolute Gasteiger partial charge is 1.00 e. The summed E-state index contributed by atoms with van der Waals surface area (Å²) < 4.78 is 12.0. The number of hydrogen-bond donors (Lipinski definition) is 2. The van der Waals surface area contributed by atoms with Gasteiger partial charge in [-0.2, -0.15) is 0 Å². The molecule has 0 spiro atoms. The fourth-order valence-electron chi connectivity index (χ4n) is 4.33. The number of phenolic OH excluding ortho intramolecular Hbond substituents is 1. The summed E-state index contributed by atoms with van der Waals surface area (Å²) in [7, 11) is 0. The van der Waals surface area contributed by atoms with Crippen molar-refractivity contribution in [2.45, 2.75) is 50.7 Å². The number of para-hydroxylation sites is 1. The summed E-state index contributed by atoms with van der Waals surface area (Å²) in [6, 6.07) is 15.7. The van der Waals surface area contributed by atoms with E-state index >= 15 is 0 Å². The van der Waals surface area contributed by atoms with Crippen molar-refractivity contribution in [3.8, 4) is 11.5 Å². The Morgan fingerprint density at radius 1 is 1.07 bits per heavy atom. The van der Waals surface area contributed by atoms with E-state index < -0.39 is 0 Å². The molecule has 2 unspecified atom stereocenters. The van der Waals surface area contributed by atoms with Gasteiger partial charge in [-0.25, -0.2) is 0 Å². The van der Waals surface area contributed by atoms with E-state index in [0.29, 0.717) is 19.0 Å². The maximum absolute atomic E-state index is 9.98. The van der Waals surface area contributed by atoms with Crippen LogP contribution in [0.4, 0.5) is 0 Å². The first kappa shape index (κ1) is 21.5. The molecule has 27 heavy (non-hydrogen) atoms. The Kier molecular flexibility index (Phi) is 7.54. The molecule has 0 heterocycles. The Labute approximate surface area is 168 Å². The molecule has 2 aromatic carbocycles. The van der Waals surface area contributed by atoms with Crippen molar-refractivity contribution in [3.63, 3.8) is 0 Å². The second-order valence-corrected chi connectivity index (χ2v) is 7.09. The van der Waals surface area contributed by atoms with Gasteiger partial charge in [0.1, 0.15) is 30.3 Å². The van der Waals surface area contributed by atoms with Crippen LogP contribution in [0.5, 0.6) is 11.5 Å². The van der Waals surface area contributed by atoms with Crippen LogP contribution < -0.4 is 22.9 Å². The van der Waals surface area contributed by atoms with Crippen LogP contribution in [-0.4, -0.2) is 30.5 Å². The third-order valence-corrected chi connectivity index (χ3v) is 5.90. The van der Waals surface area contributed by atoms with Crippen molar-refractivity contribution in [2.24, 2.45) is 0 Å². The number of aromatic hydroxyl groups is 1. The van der Waals surface area contributed by atoms with Gasteiger partial charge in [-0.3, -0.25) is 0 Å². The predicted octanol–water partition coefficient (Wildman–Crippen LogP) is 0.0848. The third kappa shape index (κ3) is 4.40. The lowest BCUT2D eigenvalue weighted by Crippen LogP contribution is -3.00. The highest BCUT2D eigenvalue weighted by Crippen LogP contribution is 2.43. The first-order valence-electron chi connectivity index (χ1n) is 9.55.